The molecule has 0 bridgehead atoms. The van der Waals surface area contributed by atoms with Crippen LogP contribution in [0.25, 0.3) is 0 Å². The van der Waals surface area contributed by atoms with E-state index in [1.807, 2.05) is 22.8 Å². The Morgan fingerprint density at radius 3 is 2.62 bits per heavy atom. The average Bonchev–Trinajstić information content (AvgIpc) is 3.07. The number of hydrogen-bond acceptors (Lipinski definition) is 5. The van der Waals surface area contributed by atoms with Crippen molar-refractivity contribution < 1.29 is 18.0 Å². The number of nitrogens with zero attached hydrogens (tertiary/aromatic N) is 5. The summed E-state index contributed by atoms with van der Waals surface area (Å²) in [4.78, 5) is 27.1. The molecule has 0 aromatic heterocycles. The van der Waals surface area contributed by atoms with Crippen LogP contribution in [0.5, 0.6) is 0 Å². The van der Waals surface area contributed by atoms with Crippen LogP contribution < -0.4 is 5.32 Å². The number of carbonyl (C=O) groups is 1. The van der Waals surface area contributed by atoms with Crippen molar-refractivity contribution in [1.82, 2.24) is 14.7 Å². The summed E-state index contributed by atoms with van der Waals surface area (Å²) in [5, 5.41) is 2.39. The predicted molar refractivity (Wildman–Crippen MR) is 104 cm³/mol. The van der Waals surface area contributed by atoms with Crippen LogP contribution in [0.15, 0.2) is 46.1 Å². The minimum absolute atomic E-state index is 0.229. The number of para-hydroxylation sites is 1. The Morgan fingerprint density at radius 1 is 1.17 bits per heavy atom. The minimum atomic E-state index is -4.53. The lowest BCUT2D eigenvalue weighted by Gasteiger charge is -2.36. The molecular weight excluding hydrogens is 385 g/mol. The quantitative estimate of drug-likeness (QED) is 0.822. The molecule has 0 radical (unpaired) electrons. The Balaban J connectivity index is 1.37. The number of benzene rings is 1. The van der Waals surface area contributed by atoms with Crippen molar-refractivity contribution in [2.75, 3.05) is 38.0 Å². The number of amides is 2. The van der Waals surface area contributed by atoms with Crippen molar-refractivity contribution in [3.8, 4) is 0 Å². The van der Waals surface area contributed by atoms with E-state index in [-0.39, 0.29) is 11.7 Å². The number of urea groups is 1. The monoisotopic (exact) mass is 406 g/mol. The molecule has 3 heterocycles. The molecule has 7 nitrogen and oxygen atoms in total. The van der Waals surface area contributed by atoms with Gasteiger partial charge in [-0.1, -0.05) is 12.1 Å². The van der Waals surface area contributed by atoms with Gasteiger partial charge in [0.05, 0.1) is 23.6 Å². The van der Waals surface area contributed by atoms with Crippen LogP contribution in [-0.4, -0.2) is 71.7 Å². The summed E-state index contributed by atoms with van der Waals surface area (Å²) in [6.45, 7) is 4.72. The summed E-state index contributed by atoms with van der Waals surface area (Å²) < 4.78 is 39.3. The molecule has 0 unspecified atom stereocenters. The smallest absolute Gasteiger partial charge is 0.353 e. The van der Waals surface area contributed by atoms with Gasteiger partial charge in [-0.2, -0.15) is 13.2 Å². The summed E-state index contributed by atoms with van der Waals surface area (Å²) in [6, 6.07) is 4.66. The van der Waals surface area contributed by atoms with Gasteiger partial charge in [0.2, 0.25) is 0 Å². The highest BCUT2D eigenvalue weighted by molar-refractivity contribution is 6.03. The third-order valence-electron chi connectivity index (χ3n) is 5.06. The van der Waals surface area contributed by atoms with Crippen LogP contribution in [0, 0.1) is 0 Å². The Hall–Kier alpha value is -3.04. The maximum Gasteiger partial charge on any atom is 0.418 e. The Kier molecular flexibility index (Phi) is 4.93. The molecule has 1 saturated heterocycles. The van der Waals surface area contributed by atoms with E-state index in [0.29, 0.717) is 26.2 Å². The third kappa shape index (κ3) is 4.06. The van der Waals surface area contributed by atoms with Gasteiger partial charge in [0.1, 0.15) is 11.7 Å². The summed E-state index contributed by atoms with van der Waals surface area (Å²) in [5.74, 6) is 1.67. The molecular formula is C19H21F3N6O. The SMILES string of the molecule is C[C@H]1CN2C=NC(N3CCN(C(=O)Nc4ccccc4C(F)(F)F)CC3)=CC2=N1. The number of aliphatic imine (C=N–C) groups is 2. The molecule has 3 aliphatic rings. The number of halogens is 3. The van der Waals surface area contributed by atoms with Crippen LogP contribution in [0.1, 0.15) is 12.5 Å². The van der Waals surface area contributed by atoms with Gasteiger partial charge in [0.25, 0.3) is 0 Å². The van der Waals surface area contributed by atoms with Crippen LogP contribution in [-0.2, 0) is 6.18 Å². The van der Waals surface area contributed by atoms with Crippen LogP contribution >= 0.6 is 0 Å². The highest BCUT2D eigenvalue weighted by atomic mass is 19.4. The van der Waals surface area contributed by atoms with Gasteiger partial charge in [0.15, 0.2) is 0 Å². The zero-order valence-corrected chi connectivity index (χ0v) is 15.9. The second-order valence-electron chi connectivity index (χ2n) is 7.18. The topological polar surface area (TPSA) is 63.5 Å². The summed E-state index contributed by atoms with van der Waals surface area (Å²) in [7, 11) is 0. The predicted octanol–water partition coefficient (Wildman–Crippen LogP) is 2.84. The highest BCUT2D eigenvalue weighted by Gasteiger charge is 2.34. The fraction of sp³-hybridized carbons (Fsp3) is 0.421. The maximum absolute atomic E-state index is 13.1. The number of amidine groups is 1. The molecule has 1 atom stereocenters. The van der Waals surface area contributed by atoms with Crippen LogP contribution in [0.2, 0.25) is 0 Å². The van der Waals surface area contributed by atoms with E-state index in [2.05, 4.69) is 15.3 Å². The third-order valence-corrected chi connectivity index (χ3v) is 5.06. The van der Waals surface area contributed by atoms with Gasteiger partial charge < -0.3 is 20.0 Å². The number of piperazine rings is 1. The first-order chi connectivity index (χ1) is 13.8. The Morgan fingerprint density at radius 2 is 1.90 bits per heavy atom. The van der Waals surface area contributed by atoms with Crippen molar-refractivity contribution in [3.05, 3.63) is 41.7 Å². The molecule has 0 saturated carbocycles. The standard InChI is InChI=1S/C19H21F3N6O/c1-13-11-28-12-23-16(10-17(28)24-13)26-6-8-27(9-7-26)18(29)25-15-5-3-2-4-14(15)19(20,21)22/h2-5,10,12-13H,6-9,11H2,1H3,(H,25,29)/t13-/m0/s1. The van der Waals surface area contributed by atoms with Gasteiger partial charge in [0, 0.05) is 38.8 Å². The van der Waals surface area contributed by atoms with Crippen molar-refractivity contribution >= 4 is 23.9 Å². The van der Waals surface area contributed by atoms with E-state index in [1.165, 1.54) is 23.1 Å². The van der Waals surface area contributed by atoms with Crippen molar-refractivity contribution in [2.45, 2.75) is 19.1 Å². The van der Waals surface area contributed by atoms with Crippen molar-refractivity contribution in [3.63, 3.8) is 0 Å². The van der Waals surface area contributed by atoms with Crippen LogP contribution in [0.3, 0.4) is 0 Å². The largest absolute Gasteiger partial charge is 0.418 e. The number of rotatable bonds is 2. The molecule has 2 amide bonds. The molecule has 4 rings (SSSR count). The summed E-state index contributed by atoms with van der Waals surface area (Å²) in [6.07, 6.45) is -0.827. The van der Waals surface area contributed by atoms with E-state index >= 15 is 0 Å². The first-order valence-electron chi connectivity index (χ1n) is 9.39. The first kappa shape index (κ1) is 19.3. The van der Waals surface area contributed by atoms with E-state index in [9.17, 15) is 18.0 Å². The number of nitrogens with one attached hydrogen (secondary N) is 1. The molecule has 154 valence electrons. The minimum Gasteiger partial charge on any atom is -0.353 e. The lowest BCUT2D eigenvalue weighted by atomic mass is 10.1. The van der Waals surface area contributed by atoms with Gasteiger partial charge in [-0.15, -0.1) is 0 Å². The number of anilines is 1. The molecule has 0 aliphatic carbocycles. The first-order valence-corrected chi connectivity index (χ1v) is 9.39. The molecule has 1 aromatic rings. The summed E-state index contributed by atoms with van der Waals surface area (Å²) in [5.41, 5.74) is -1.09. The normalized spacial score (nSPS) is 21.7. The fourth-order valence-corrected chi connectivity index (χ4v) is 3.57. The van der Waals surface area contributed by atoms with E-state index in [1.54, 1.807) is 6.34 Å². The lowest BCUT2D eigenvalue weighted by Crippen LogP contribution is -2.50. The Bertz CT molecular complexity index is 886. The maximum atomic E-state index is 13.1. The van der Waals surface area contributed by atoms with E-state index in [0.717, 1.165) is 24.3 Å². The number of fused-ring (bicyclic) bond motifs is 1. The van der Waals surface area contributed by atoms with E-state index in [4.69, 9.17) is 0 Å². The molecule has 0 spiro atoms. The van der Waals surface area contributed by atoms with Crippen molar-refractivity contribution in [1.29, 1.82) is 0 Å². The lowest BCUT2D eigenvalue weighted by molar-refractivity contribution is -0.136. The van der Waals surface area contributed by atoms with E-state index < -0.39 is 17.8 Å². The summed E-state index contributed by atoms with van der Waals surface area (Å²) >= 11 is 0. The zero-order valence-electron chi connectivity index (χ0n) is 15.9. The molecule has 10 heteroatoms. The number of alkyl halides is 3. The number of carbonyl (C=O) groups excluding carboxylic acids is 1. The van der Waals surface area contributed by atoms with Gasteiger partial charge in [-0.3, -0.25) is 4.99 Å². The molecule has 3 aliphatic heterocycles. The molecule has 1 N–H and O–H groups in total. The second kappa shape index (κ2) is 7.41. The highest BCUT2D eigenvalue weighted by Crippen LogP contribution is 2.34. The average molecular weight is 406 g/mol. The molecule has 29 heavy (non-hydrogen) atoms. The molecule has 1 fully saturated rings. The van der Waals surface area contributed by atoms with Gasteiger partial charge in [-0.05, 0) is 19.1 Å². The van der Waals surface area contributed by atoms with Gasteiger partial charge >= 0.3 is 12.2 Å². The Labute approximate surface area is 166 Å². The number of hydrogen-bond donors (Lipinski definition) is 1. The fourth-order valence-electron chi connectivity index (χ4n) is 3.57. The van der Waals surface area contributed by atoms with Gasteiger partial charge in [-0.25, -0.2) is 9.79 Å². The van der Waals surface area contributed by atoms with Crippen LogP contribution in [0.4, 0.5) is 23.7 Å². The second-order valence-corrected chi connectivity index (χ2v) is 7.18. The molecule has 1 aromatic carbocycles. The van der Waals surface area contributed by atoms with Crippen molar-refractivity contribution in [2.24, 2.45) is 9.98 Å². The zero-order chi connectivity index (χ0) is 20.6.